The van der Waals surface area contributed by atoms with Crippen LogP contribution in [-0.2, 0) is 6.42 Å². The SMILES string of the molecule is Cc1ccc2[nH]c3c(c2c1)CCNC3c1ccc(OCC(C)C)cc1. The van der Waals surface area contributed by atoms with Crippen molar-refractivity contribution in [2.75, 3.05) is 13.2 Å². The van der Waals surface area contributed by atoms with E-state index in [0.717, 1.165) is 25.3 Å². The zero-order valence-electron chi connectivity index (χ0n) is 15.2. The second-order valence-corrected chi connectivity index (χ2v) is 7.48. The fraction of sp³-hybridized carbons (Fsp3) is 0.364. The minimum atomic E-state index is 0.218. The third kappa shape index (κ3) is 3.16. The molecule has 3 nitrogen and oxygen atoms in total. The predicted octanol–water partition coefficient (Wildman–Crippen LogP) is 4.75. The second kappa shape index (κ2) is 6.57. The molecule has 130 valence electrons. The Kier molecular flexibility index (Phi) is 4.26. The highest BCUT2D eigenvalue weighted by atomic mass is 16.5. The zero-order valence-corrected chi connectivity index (χ0v) is 15.2. The molecule has 1 aliphatic heterocycles. The first-order valence-corrected chi connectivity index (χ1v) is 9.19. The van der Waals surface area contributed by atoms with Gasteiger partial charge in [0.1, 0.15) is 5.75 Å². The summed E-state index contributed by atoms with van der Waals surface area (Å²) >= 11 is 0. The molecule has 25 heavy (non-hydrogen) atoms. The quantitative estimate of drug-likeness (QED) is 0.723. The van der Waals surface area contributed by atoms with E-state index in [4.69, 9.17) is 4.74 Å². The fourth-order valence-electron chi connectivity index (χ4n) is 3.65. The van der Waals surface area contributed by atoms with Crippen LogP contribution in [0.5, 0.6) is 5.75 Å². The number of benzene rings is 2. The van der Waals surface area contributed by atoms with Crippen molar-refractivity contribution in [3.8, 4) is 5.75 Å². The summed E-state index contributed by atoms with van der Waals surface area (Å²) in [7, 11) is 0. The molecule has 3 heteroatoms. The van der Waals surface area contributed by atoms with Crippen molar-refractivity contribution in [1.29, 1.82) is 0 Å². The molecule has 1 atom stereocenters. The van der Waals surface area contributed by atoms with E-state index in [1.54, 1.807) is 0 Å². The summed E-state index contributed by atoms with van der Waals surface area (Å²) in [5.74, 6) is 1.48. The number of aromatic nitrogens is 1. The number of nitrogens with one attached hydrogen (secondary N) is 2. The Bertz CT molecular complexity index is 877. The minimum absolute atomic E-state index is 0.218. The molecule has 1 aromatic heterocycles. The number of fused-ring (bicyclic) bond motifs is 3. The monoisotopic (exact) mass is 334 g/mol. The van der Waals surface area contributed by atoms with E-state index >= 15 is 0 Å². The highest BCUT2D eigenvalue weighted by Crippen LogP contribution is 2.34. The van der Waals surface area contributed by atoms with Gasteiger partial charge in [0.05, 0.1) is 12.6 Å². The Morgan fingerprint density at radius 2 is 1.92 bits per heavy atom. The van der Waals surface area contributed by atoms with Crippen LogP contribution in [0.25, 0.3) is 10.9 Å². The first-order valence-electron chi connectivity index (χ1n) is 9.19. The van der Waals surface area contributed by atoms with Gasteiger partial charge in [-0.15, -0.1) is 0 Å². The Labute approximate surface area is 149 Å². The zero-order chi connectivity index (χ0) is 17.4. The summed E-state index contributed by atoms with van der Waals surface area (Å²) in [6, 6.07) is 15.4. The van der Waals surface area contributed by atoms with E-state index < -0.39 is 0 Å². The molecule has 0 saturated heterocycles. The van der Waals surface area contributed by atoms with Gasteiger partial charge >= 0.3 is 0 Å². The number of aryl methyl sites for hydroxylation is 1. The van der Waals surface area contributed by atoms with Gasteiger partial charge in [-0.25, -0.2) is 0 Å². The second-order valence-electron chi connectivity index (χ2n) is 7.48. The Balaban J connectivity index is 1.65. The fourth-order valence-corrected chi connectivity index (χ4v) is 3.65. The van der Waals surface area contributed by atoms with Crippen LogP contribution in [0.15, 0.2) is 42.5 Å². The van der Waals surface area contributed by atoms with Crippen molar-refractivity contribution < 1.29 is 4.74 Å². The average Bonchev–Trinajstić information content (AvgIpc) is 2.98. The van der Waals surface area contributed by atoms with Crippen molar-refractivity contribution in [1.82, 2.24) is 10.3 Å². The van der Waals surface area contributed by atoms with Crippen molar-refractivity contribution in [3.05, 3.63) is 64.8 Å². The molecule has 2 heterocycles. The molecule has 0 spiro atoms. The third-order valence-corrected chi connectivity index (χ3v) is 4.90. The summed E-state index contributed by atoms with van der Waals surface area (Å²) in [5, 5.41) is 5.04. The van der Waals surface area contributed by atoms with Crippen LogP contribution < -0.4 is 10.1 Å². The molecule has 2 aromatic carbocycles. The third-order valence-electron chi connectivity index (χ3n) is 4.90. The number of ether oxygens (including phenoxy) is 1. The van der Waals surface area contributed by atoms with Crippen molar-refractivity contribution in [2.45, 2.75) is 33.2 Å². The minimum Gasteiger partial charge on any atom is -0.493 e. The van der Waals surface area contributed by atoms with Gasteiger partial charge in [-0.3, -0.25) is 0 Å². The van der Waals surface area contributed by atoms with Crippen LogP contribution in [0.1, 0.15) is 42.3 Å². The van der Waals surface area contributed by atoms with Crippen LogP contribution in [-0.4, -0.2) is 18.1 Å². The van der Waals surface area contributed by atoms with Gasteiger partial charge in [0.2, 0.25) is 0 Å². The van der Waals surface area contributed by atoms with Gasteiger partial charge in [-0.05, 0) is 54.7 Å². The highest BCUT2D eigenvalue weighted by Gasteiger charge is 2.25. The van der Waals surface area contributed by atoms with Crippen LogP contribution in [0.4, 0.5) is 0 Å². The molecule has 1 aliphatic rings. The van der Waals surface area contributed by atoms with Crippen LogP contribution >= 0.6 is 0 Å². The van der Waals surface area contributed by atoms with Crippen molar-refractivity contribution >= 4 is 10.9 Å². The lowest BCUT2D eigenvalue weighted by Crippen LogP contribution is -2.30. The summed E-state index contributed by atoms with van der Waals surface area (Å²) in [6.07, 6.45) is 1.07. The first-order chi connectivity index (χ1) is 12.1. The maximum atomic E-state index is 5.81. The van der Waals surface area contributed by atoms with E-state index in [-0.39, 0.29) is 6.04 Å². The molecule has 0 bridgehead atoms. The molecule has 1 unspecified atom stereocenters. The van der Waals surface area contributed by atoms with Gasteiger partial charge < -0.3 is 15.0 Å². The van der Waals surface area contributed by atoms with E-state index in [0.29, 0.717) is 5.92 Å². The molecule has 0 saturated carbocycles. The van der Waals surface area contributed by atoms with E-state index in [1.165, 1.54) is 33.3 Å². The van der Waals surface area contributed by atoms with Crippen LogP contribution in [0, 0.1) is 12.8 Å². The van der Waals surface area contributed by atoms with Crippen molar-refractivity contribution in [2.24, 2.45) is 5.92 Å². The largest absolute Gasteiger partial charge is 0.493 e. The smallest absolute Gasteiger partial charge is 0.119 e. The molecule has 0 aliphatic carbocycles. The lowest BCUT2D eigenvalue weighted by atomic mass is 9.94. The van der Waals surface area contributed by atoms with Gasteiger partial charge in [0, 0.05) is 23.1 Å². The topological polar surface area (TPSA) is 37.0 Å². The van der Waals surface area contributed by atoms with Gasteiger partial charge in [-0.2, -0.15) is 0 Å². The Morgan fingerprint density at radius 3 is 2.68 bits per heavy atom. The number of hydrogen-bond donors (Lipinski definition) is 2. The summed E-state index contributed by atoms with van der Waals surface area (Å²) in [4.78, 5) is 3.65. The van der Waals surface area contributed by atoms with Crippen LogP contribution in [0.2, 0.25) is 0 Å². The predicted molar refractivity (Wildman–Crippen MR) is 103 cm³/mol. The average molecular weight is 334 g/mol. The lowest BCUT2D eigenvalue weighted by molar-refractivity contribution is 0.271. The van der Waals surface area contributed by atoms with Gasteiger partial charge in [0.25, 0.3) is 0 Å². The number of H-pyrrole nitrogens is 1. The molecule has 4 rings (SSSR count). The van der Waals surface area contributed by atoms with Gasteiger partial charge in [-0.1, -0.05) is 37.6 Å². The number of rotatable bonds is 4. The Hall–Kier alpha value is -2.26. The Morgan fingerprint density at radius 1 is 1.12 bits per heavy atom. The lowest BCUT2D eigenvalue weighted by Gasteiger charge is -2.25. The summed E-state index contributed by atoms with van der Waals surface area (Å²) in [6.45, 7) is 8.25. The standard InChI is InChI=1S/C22H26N2O/c1-14(2)13-25-17-7-5-16(6-8-17)21-22-18(10-11-23-21)19-12-15(3)4-9-20(19)24-22/h4-9,12,14,21,23-24H,10-11,13H2,1-3H3. The maximum absolute atomic E-state index is 5.81. The maximum Gasteiger partial charge on any atom is 0.119 e. The molecule has 0 amide bonds. The van der Waals surface area contributed by atoms with Gasteiger partial charge in [0.15, 0.2) is 0 Å². The molecular weight excluding hydrogens is 308 g/mol. The van der Waals surface area contributed by atoms with Crippen molar-refractivity contribution in [3.63, 3.8) is 0 Å². The first kappa shape index (κ1) is 16.2. The molecular formula is C22H26N2O. The molecule has 0 radical (unpaired) electrons. The normalized spacial score (nSPS) is 17.0. The number of hydrogen-bond acceptors (Lipinski definition) is 2. The molecule has 0 fully saturated rings. The van der Waals surface area contributed by atoms with Crippen LogP contribution in [0.3, 0.4) is 0 Å². The van der Waals surface area contributed by atoms with E-state index in [1.807, 2.05) is 0 Å². The van der Waals surface area contributed by atoms with E-state index in [2.05, 4.69) is 73.5 Å². The molecule has 3 aromatic rings. The molecule has 2 N–H and O–H groups in total. The highest BCUT2D eigenvalue weighted by molar-refractivity contribution is 5.86. The summed E-state index contributed by atoms with van der Waals surface area (Å²) in [5.41, 5.74) is 6.60. The summed E-state index contributed by atoms with van der Waals surface area (Å²) < 4.78 is 5.81. The van der Waals surface area contributed by atoms with E-state index in [9.17, 15) is 0 Å². The number of aromatic amines is 1.